The second-order valence-electron chi connectivity index (χ2n) is 4.09. The monoisotopic (exact) mass is 190 g/mol. The molecule has 1 aliphatic rings. The fraction of sp³-hybridized carbons (Fsp3) is 0.500. The lowest BCUT2D eigenvalue weighted by molar-refractivity contribution is 0.579. The van der Waals surface area contributed by atoms with E-state index in [9.17, 15) is 0 Å². The minimum atomic E-state index is 0.647. The standard InChI is InChI=1S/C12H18N2/c1-2-3-11-7-5-9-4-6-10(13)8-12(9)14-11/h4,6,8,11,14H,2-3,5,7,13H2,1H3. The van der Waals surface area contributed by atoms with Gasteiger partial charge in [0.2, 0.25) is 0 Å². The first-order valence-corrected chi connectivity index (χ1v) is 5.44. The molecule has 1 aromatic rings. The topological polar surface area (TPSA) is 38.0 Å². The largest absolute Gasteiger partial charge is 0.399 e. The maximum absolute atomic E-state index is 5.76. The average molecular weight is 190 g/mol. The van der Waals surface area contributed by atoms with Gasteiger partial charge in [0.1, 0.15) is 0 Å². The number of benzene rings is 1. The number of rotatable bonds is 2. The van der Waals surface area contributed by atoms with Crippen LogP contribution in [0.1, 0.15) is 31.7 Å². The van der Waals surface area contributed by atoms with Crippen LogP contribution in [0.25, 0.3) is 0 Å². The minimum absolute atomic E-state index is 0.647. The molecule has 1 aliphatic heterocycles. The zero-order valence-corrected chi connectivity index (χ0v) is 8.72. The number of nitrogen functional groups attached to an aromatic ring is 1. The Labute approximate surface area is 85.5 Å². The van der Waals surface area contributed by atoms with E-state index >= 15 is 0 Å². The van der Waals surface area contributed by atoms with Crippen LogP contribution in [0.5, 0.6) is 0 Å². The van der Waals surface area contributed by atoms with Gasteiger partial charge >= 0.3 is 0 Å². The third kappa shape index (κ3) is 1.84. The van der Waals surface area contributed by atoms with Crippen molar-refractivity contribution in [2.75, 3.05) is 11.1 Å². The van der Waals surface area contributed by atoms with Crippen molar-refractivity contribution >= 4 is 11.4 Å². The lowest BCUT2D eigenvalue weighted by atomic mass is 9.95. The van der Waals surface area contributed by atoms with Gasteiger partial charge in [-0.1, -0.05) is 19.4 Å². The number of nitrogens with two attached hydrogens (primary N) is 1. The predicted octanol–water partition coefficient (Wildman–Crippen LogP) is 2.80. The van der Waals surface area contributed by atoms with E-state index in [1.54, 1.807) is 0 Å². The minimum Gasteiger partial charge on any atom is -0.399 e. The van der Waals surface area contributed by atoms with Gasteiger partial charge in [-0.05, 0) is 37.0 Å². The van der Waals surface area contributed by atoms with Crippen LogP contribution in [-0.2, 0) is 6.42 Å². The molecule has 0 bridgehead atoms. The molecule has 2 rings (SSSR count). The normalized spacial score (nSPS) is 19.9. The molecule has 1 atom stereocenters. The van der Waals surface area contributed by atoms with Crippen LogP contribution in [0.2, 0.25) is 0 Å². The van der Waals surface area contributed by atoms with E-state index in [0.29, 0.717) is 6.04 Å². The molecule has 1 unspecified atom stereocenters. The van der Waals surface area contributed by atoms with E-state index in [1.807, 2.05) is 6.07 Å². The van der Waals surface area contributed by atoms with Crippen molar-refractivity contribution in [3.05, 3.63) is 23.8 Å². The molecular weight excluding hydrogens is 172 g/mol. The Morgan fingerprint density at radius 2 is 2.36 bits per heavy atom. The van der Waals surface area contributed by atoms with E-state index in [0.717, 1.165) is 5.69 Å². The summed E-state index contributed by atoms with van der Waals surface area (Å²) in [7, 11) is 0. The third-order valence-electron chi connectivity index (χ3n) is 2.89. The highest BCUT2D eigenvalue weighted by atomic mass is 14.9. The van der Waals surface area contributed by atoms with E-state index in [2.05, 4.69) is 24.4 Å². The van der Waals surface area contributed by atoms with Crippen molar-refractivity contribution < 1.29 is 0 Å². The fourth-order valence-electron chi connectivity index (χ4n) is 2.13. The molecule has 76 valence electrons. The lowest BCUT2D eigenvalue weighted by Crippen LogP contribution is -2.25. The molecule has 0 amide bonds. The summed E-state index contributed by atoms with van der Waals surface area (Å²) >= 11 is 0. The van der Waals surface area contributed by atoms with Gasteiger partial charge in [-0.3, -0.25) is 0 Å². The number of hydrogen-bond acceptors (Lipinski definition) is 2. The Bertz CT molecular complexity index is 320. The van der Waals surface area contributed by atoms with Crippen LogP contribution in [0.15, 0.2) is 18.2 Å². The number of anilines is 2. The summed E-state index contributed by atoms with van der Waals surface area (Å²) in [6, 6.07) is 6.83. The summed E-state index contributed by atoms with van der Waals surface area (Å²) in [5.74, 6) is 0. The third-order valence-corrected chi connectivity index (χ3v) is 2.89. The van der Waals surface area contributed by atoms with Gasteiger partial charge in [-0.2, -0.15) is 0 Å². The van der Waals surface area contributed by atoms with Gasteiger partial charge in [0.05, 0.1) is 0 Å². The number of aryl methyl sites for hydroxylation is 1. The van der Waals surface area contributed by atoms with Crippen molar-refractivity contribution in [3.63, 3.8) is 0 Å². The summed E-state index contributed by atoms with van der Waals surface area (Å²) in [4.78, 5) is 0. The molecule has 1 aromatic carbocycles. The molecule has 0 saturated carbocycles. The summed E-state index contributed by atoms with van der Waals surface area (Å²) < 4.78 is 0. The highest BCUT2D eigenvalue weighted by Gasteiger charge is 2.16. The van der Waals surface area contributed by atoms with Gasteiger partial charge in [0.25, 0.3) is 0 Å². The van der Waals surface area contributed by atoms with E-state index < -0.39 is 0 Å². The molecule has 0 radical (unpaired) electrons. The fourth-order valence-corrected chi connectivity index (χ4v) is 2.13. The van der Waals surface area contributed by atoms with E-state index in [4.69, 9.17) is 5.73 Å². The van der Waals surface area contributed by atoms with Crippen LogP contribution >= 0.6 is 0 Å². The zero-order valence-electron chi connectivity index (χ0n) is 8.72. The molecule has 3 N–H and O–H groups in total. The first kappa shape index (κ1) is 9.38. The molecule has 0 aliphatic carbocycles. The van der Waals surface area contributed by atoms with Crippen molar-refractivity contribution in [1.29, 1.82) is 0 Å². The predicted molar refractivity (Wildman–Crippen MR) is 61.5 cm³/mol. The van der Waals surface area contributed by atoms with Gasteiger partial charge in [0.15, 0.2) is 0 Å². The van der Waals surface area contributed by atoms with Gasteiger partial charge < -0.3 is 11.1 Å². The molecule has 0 fully saturated rings. The van der Waals surface area contributed by atoms with E-state index in [1.165, 1.54) is 36.9 Å². The number of fused-ring (bicyclic) bond motifs is 1. The second kappa shape index (κ2) is 3.91. The quantitative estimate of drug-likeness (QED) is 0.704. The zero-order chi connectivity index (χ0) is 9.97. The Morgan fingerprint density at radius 1 is 1.50 bits per heavy atom. The Kier molecular flexibility index (Phi) is 2.62. The van der Waals surface area contributed by atoms with Gasteiger partial charge in [-0.25, -0.2) is 0 Å². The molecule has 0 spiro atoms. The lowest BCUT2D eigenvalue weighted by Gasteiger charge is -2.27. The molecule has 2 nitrogen and oxygen atoms in total. The molecule has 2 heteroatoms. The smallest absolute Gasteiger partial charge is 0.0395 e. The Hall–Kier alpha value is -1.18. The summed E-state index contributed by atoms with van der Waals surface area (Å²) in [5.41, 5.74) is 9.27. The number of hydrogen-bond donors (Lipinski definition) is 2. The molecule has 0 aromatic heterocycles. The van der Waals surface area contributed by atoms with Crippen LogP contribution in [0.3, 0.4) is 0 Å². The van der Waals surface area contributed by atoms with Crippen molar-refractivity contribution in [3.8, 4) is 0 Å². The summed E-state index contributed by atoms with van der Waals surface area (Å²) in [5, 5.41) is 3.56. The van der Waals surface area contributed by atoms with Gasteiger partial charge in [0, 0.05) is 17.4 Å². The molecule has 1 heterocycles. The van der Waals surface area contributed by atoms with Crippen molar-refractivity contribution in [1.82, 2.24) is 0 Å². The SMILES string of the molecule is CCCC1CCc2ccc(N)cc2N1. The average Bonchev–Trinajstić information content (AvgIpc) is 2.17. The first-order valence-electron chi connectivity index (χ1n) is 5.44. The van der Waals surface area contributed by atoms with E-state index in [-0.39, 0.29) is 0 Å². The maximum atomic E-state index is 5.76. The van der Waals surface area contributed by atoms with Crippen LogP contribution in [-0.4, -0.2) is 6.04 Å². The maximum Gasteiger partial charge on any atom is 0.0395 e. The summed E-state index contributed by atoms with van der Waals surface area (Å²) in [6.45, 7) is 2.23. The molecular formula is C12H18N2. The van der Waals surface area contributed by atoms with Crippen molar-refractivity contribution in [2.24, 2.45) is 0 Å². The Balaban J connectivity index is 2.16. The van der Waals surface area contributed by atoms with Crippen LogP contribution in [0.4, 0.5) is 11.4 Å². The molecule has 0 saturated heterocycles. The Morgan fingerprint density at radius 3 is 3.14 bits per heavy atom. The summed E-state index contributed by atoms with van der Waals surface area (Å²) in [6.07, 6.45) is 4.95. The van der Waals surface area contributed by atoms with Crippen molar-refractivity contribution in [2.45, 2.75) is 38.6 Å². The molecule has 14 heavy (non-hydrogen) atoms. The van der Waals surface area contributed by atoms with Crippen LogP contribution < -0.4 is 11.1 Å². The number of nitrogens with one attached hydrogen (secondary N) is 1. The second-order valence-corrected chi connectivity index (χ2v) is 4.09. The van der Waals surface area contributed by atoms with Crippen LogP contribution in [0, 0.1) is 0 Å². The first-order chi connectivity index (χ1) is 6.79. The highest BCUT2D eigenvalue weighted by molar-refractivity contribution is 5.61. The highest BCUT2D eigenvalue weighted by Crippen LogP contribution is 2.28. The van der Waals surface area contributed by atoms with Gasteiger partial charge in [-0.15, -0.1) is 0 Å².